The molecule has 2 heterocycles. The SMILES string of the molecule is COc1ccc(C(O[C@@H]2[C@@H](OCCP(=O)(OC)OC)CO[C@H]2n2ccc(=O)[nH]c2=O)(c2ccccc2)c2ccc(OC)cc2)cc1. The van der Waals surface area contributed by atoms with Gasteiger partial charge in [0.15, 0.2) is 6.23 Å². The largest absolute Gasteiger partial charge is 0.497 e. The number of benzene rings is 3. The molecule has 4 aromatic rings. The van der Waals surface area contributed by atoms with Crippen molar-refractivity contribution in [2.45, 2.75) is 24.0 Å². The Hall–Kier alpha value is -4.03. The Balaban J connectivity index is 1.68. The number of H-pyrrole nitrogens is 1. The number of aromatic nitrogens is 2. The fourth-order valence-electron chi connectivity index (χ4n) is 5.52. The molecule has 1 saturated heterocycles. The summed E-state index contributed by atoms with van der Waals surface area (Å²) in [5, 5.41) is 0. The van der Waals surface area contributed by atoms with E-state index in [2.05, 4.69) is 4.98 Å². The molecule has 1 aliphatic rings. The first kappa shape index (κ1) is 33.3. The van der Waals surface area contributed by atoms with Gasteiger partial charge in [-0.15, -0.1) is 0 Å². The van der Waals surface area contributed by atoms with E-state index in [0.29, 0.717) is 11.5 Å². The summed E-state index contributed by atoms with van der Waals surface area (Å²) >= 11 is 0. The van der Waals surface area contributed by atoms with E-state index in [4.69, 9.17) is 32.7 Å². The van der Waals surface area contributed by atoms with Gasteiger partial charge in [-0.05, 0) is 41.0 Å². The zero-order valence-corrected chi connectivity index (χ0v) is 26.9. The zero-order valence-electron chi connectivity index (χ0n) is 26.0. The summed E-state index contributed by atoms with van der Waals surface area (Å²) in [6.45, 7) is 0.0186. The molecule has 1 fully saturated rings. The van der Waals surface area contributed by atoms with E-state index in [-0.39, 0.29) is 19.4 Å². The second-order valence-electron chi connectivity index (χ2n) is 10.4. The molecule has 0 saturated carbocycles. The normalized spacial score (nSPS) is 18.4. The Bertz CT molecular complexity index is 1690. The first-order chi connectivity index (χ1) is 22.3. The second-order valence-corrected chi connectivity index (χ2v) is 12.8. The fraction of sp³-hybridized carbons (Fsp3) is 0.333. The number of aromatic amines is 1. The van der Waals surface area contributed by atoms with Gasteiger partial charge in [0.2, 0.25) is 0 Å². The maximum absolute atomic E-state index is 13.1. The van der Waals surface area contributed by atoms with Crippen LogP contribution in [0.1, 0.15) is 22.9 Å². The average Bonchev–Trinajstić information content (AvgIpc) is 3.48. The summed E-state index contributed by atoms with van der Waals surface area (Å²) in [6, 6.07) is 25.9. The summed E-state index contributed by atoms with van der Waals surface area (Å²) in [4.78, 5) is 27.3. The van der Waals surface area contributed by atoms with Gasteiger partial charge in [-0.25, -0.2) is 4.79 Å². The van der Waals surface area contributed by atoms with E-state index in [9.17, 15) is 14.2 Å². The van der Waals surface area contributed by atoms with Crippen molar-refractivity contribution in [1.29, 1.82) is 0 Å². The highest BCUT2D eigenvalue weighted by Crippen LogP contribution is 2.47. The number of nitrogens with zero attached hydrogens (tertiary/aromatic N) is 1. The van der Waals surface area contributed by atoms with Gasteiger partial charge >= 0.3 is 13.3 Å². The Kier molecular flexibility index (Phi) is 10.6. The predicted octanol–water partition coefficient (Wildman–Crippen LogP) is 4.33. The summed E-state index contributed by atoms with van der Waals surface area (Å²) in [5.74, 6) is 1.31. The van der Waals surface area contributed by atoms with Crippen LogP contribution in [0.15, 0.2) is 101 Å². The molecule has 244 valence electrons. The molecule has 1 aromatic heterocycles. The first-order valence-corrected chi connectivity index (χ1v) is 16.3. The van der Waals surface area contributed by atoms with Gasteiger partial charge in [-0.2, -0.15) is 0 Å². The van der Waals surface area contributed by atoms with Gasteiger partial charge < -0.3 is 32.7 Å². The Morgan fingerprint density at radius 2 is 1.39 bits per heavy atom. The lowest BCUT2D eigenvalue weighted by atomic mass is 9.79. The van der Waals surface area contributed by atoms with E-state index < -0.39 is 42.9 Å². The minimum absolute atomic E-state index is 0.0104. The number of methoxy groups -OCH3 is 2. The molecular weight excluding hydrogens is 615 g/mol. The molecule has 0 amide bonds. The van der Waals surface area contributed by atoms with Crippen molar-refractivity contribution in [2.75, 3.05) is 47.8 Å². The van der Waals surface area contributed by atoms with Crippen LogP contribution >= 0.6 is 7.60 Å². The van der Waals surface area contributed by atoms with Crippen molar-refractivity contribution in [1.82, 2.24) is 9.55 Å². The van der Waals surface area contributed by atoms with E-state index >= 15 is 0 Å². The van der Waals surface area contributed by atoms with Crippen LogP contribution in [0.2, 0.25) is 0 Å². The topological polar surface area (TPSA) is 137 Å². The van der Waals surface area contributed by atoms with E-state index in [1.54, 1.807) is 14.2 Å². The lowest BCUT2D eigenvalue weighted by molar-refractivity contribution is -0.132. The monoisotopic (exact) mass is 652 g/mol. The van der Waals surface area contributed by atoms with Gasteiger partial charge in [-0.3, -0.25) is 18.9 Å². The molecule has 12 nitrogen and oxygen atoms in total. The van der Waals surface area contributed by atoms with Crippen LogP contribution in [0.3, 0.4) is 0 Å². The summed E-state index contributed by atoms with van der Waals surface area (Å²) < 4.78 is 54.8. The minimum Gasteiger partial charge on any atom is -0.497 e. The van der Waals surface area contributed by atoms with Crippen LogP contribution in [0.25, 0.3) is 0 Å². The summed E-state index contributed by atoms with van der Waals surface area (Å²) in [5.41, 5.74) is -0.203. The van der Waals surface area contributed by atoms with Crippen molar-refractivity contribution >= 4 is 7.60 Å². The van der Waals surface area contributed by atoms with Crippen LogP contribution in [0.5, 0.6) is 11.5 Å². The third-order valence-electron chi connectivity index (χ3n) is 7.94. The molecule has 0 radical (unpaired) electrons. The third-order valence-corrected chi connectivity index (χ3v) is 9.79. The van der Waals surface area contributed by atoms with E-state index in [0.717, 1.165) is 16.7 Å². The lowest BCUT2D eigenvalue weighted by Crippen LogP contribution is -2.45. The summed E-state index contributed by atoms with van der Waals surface area (Å²) in [7, 11) is 2.44. The van der Waals surface area contributed by atoms with Crippen LogP contribution in [0.4, 0.5) is 0 Å². The first-order valence-electron chi connectivity index (χ1n) is 14.5. The highest BCUT2D eigenvalue weighted by molar-refractivity contribution is 7.53. The van der Waals surface area contributed by atoms with Crippen LogP contribution < -0.4 is 20.7 Å². The molecule has 5 rings (SSSR count). The number of ether oxygens (including phenoxy) is 5. The van der Waals surface area contributed by atoms with Crippen LogP contribution in [-0.2, 0) is 33.4 Å². The molecular formula is C33H37N2O10P. The number of rotatable bonds is 14. The average molecular weight is 653 g/mol. The molecule has 0 unspecified atom stereocenters. The van der Waals surface area contributed by atoms with Gasteiger partial charge in [0, 0.05) is 26.5 Å². The number of hydrogen-bond donors (Lipinski definition) is 1. The molecule has 3 aromatic carbocycles. The molecule has 1 aliphatic heterocycles. The summed E-state index contributed by atoms with van der Waals surface area (Å²) in [6.07, 6.45) is -1.35. The highest BCUT2D eigenvalue weighted by atomic mass is 31.2. The molecule has 46 heavy (non-hydrogen) atoms. The molecule has 3 atom stereocenters. The molecule has 1 N–H and O–H groups in total. The molecule has 0 aliphatic carbocycles. The molecule has 13 heteroatoms. The van der Waals surface area contributed by atoms with Crippen molar-refractivity contribution in [3.8, 4) is 11.5 Å². The minimum atomic E-state index is -3.37. The Morgan fingerprint density at radius 1 is 0.826 bits per heavy atom. The van der Waals surface area contributed by atoms with Crippen LogP contribution in [-0.4, -0.2) is 69.6 Å². The van der Waals surface area contributed by atoms with Gasteiger partial charge in [0.05, 0.1) is 33.6 Å². The van der Waals surface area contributed by atoms with Crippen molar-refractivity contribution < 1.29 is 37.3 Å². The highest BCUT2D eigenvalue weighted by Gasteiger charge is 2.49. The third kappa shape index (κ3) is 6.87. The van der Waals surface area contributed by atoms with Crippen molar-refractivity contribution in [2.24, 2.45) is 0 Å². The lowest BCUT2D eigenvalue weighted by Gasteiger charge is -2.40. The van der Waals surface area contributed by atoms with Crippen LogP contribution in [0, 0.1) is 0 Å². The Morgan fingerprint density at radius 3 is 1.91 bits per heavy atom. The standard InChI is InChI=1S/C33H37N2O10P/c1-39-26-14-10-24(11-15-26)33(23-8-6-5-7-9-23,25-12-16-27(40-2)17-13-25)45-30-28(43-20-21-46(38,41-3)42-4)22-44-31(30)35-19-18-29(36)34-32(35)37/h5-19,28,30-31H,20-22H2,1-4H3,(H,34,36,37)/t28-,30+,31+/m0/s1. The quantitative estimate of drug-likeness (QED) is 0.155. The van der Waals surface area contributed by atoms with Gasteiger partial charge in [0.1, 0.15) is 29.3 Å². The van der Waals surface area contributed by atoms with Gasteiger partial charge in [0.25, 0.3) is 5.56 Å². The smallest absolute Gasteiger partial charge is 0.332 e. The maximum Gasteiger partial charge on any atom is 0.332 e. The van der Waals surface area contributed by atoms with Crippen molar-refractivity contribution in [3.05, 3.63) is 129 Å². The van der Waals surface area contributed by atoms with Gasteiger partial charge in [-0.1, -0.05) is 54.6 Å². The molecule has 0 spiro atoms. The maximum atomic E-state index is 13.1. The Labute approximate surface area is 266 Å². The molecule has 0 bridgehead atoms. The predicted molar refractivity (Wildman–Crippen MR) is 170 cm³/mol. The zero-order chi connectivity index (χ0) is 32.7. The number of hydrogen-bond acceptors (Lipinski definition) is 10. The van der Waals surface area contributed by atoms with Crippen molar-refractivity contribution in [3.63, 3.8) is 0 Å². The second kappa shape index (κ2) is 14.6. The van der Waals surface area contributed by atoms with E-state index in [1.165, 1.54) is 31.0 Å². The number of nitrogens with one attached hydrogen (secondary N) is 1. The van der Waals surface area contributed by atoms with E-state index in [1.807, 2.05) is 78.9 Å². The fourth-order valence-corrected chi connectivity index (χ4v) is 6.36.